The summed E-state index contributed by atoms with van der Waals surface area (Å²) in [6.07, 6.45) is 0. The Balaban J connectivity index is 2.05. The van der Waals surface area contributed by atoms with Crippen LogP contribution in [0.2, 0.25) is 5.02 Å². The first-order valence-corrected chi connectivity index (χ1v) is 9.76. The van der Waals surface area contributed by atoms with Crippen molar-refractivity contribution in [2.45, 2.75) is 39.8 Å². The van der Waals surface area contributed by atoms with E-state index in [0.717, 1.165) is 21.5 Å². The van der Waals surface area contributed by atoms with Gasteiger partial charge in [0.2, 0.25) is 0 Å². The van der Waals surface area contributed by atoms with E-state index in [1.54, 1.807) is 0 Å². The van der Waals surface area contributed by atoms with Crippen LogP contribution < -0.4 is 5.73 Å². The number of nitrogen functional groups attached to an aromatic ring is 1. The largest absolute Gasteiger partial charge is 0.397 e. The molecule has 0 unspecified atom stereocenters. The molecule has 4 nitrogen and oxygen atoms in total. The summed E-state index contributed by atoms with van der Waals surface area (Å²) in [7, 11) is 0. The summed E-state index contributed by atoms with van der Waals surface area (Å²) in [5, 5.41) is 1.51. The van der Waals surface area contributed by atoms with Crippen molar-refractivity contribution in [1.29, 1.82) is 0 Å². The number of anilines is 1. The zero-order chi connectivity index (χ0) is 19.0. The molecular weight excluding hydrogens is 366 g/mol. The van der Waals surface area contributed by atoms with Gasteiger partial charge in [0.15, 0.2) is 0 Å². The number of aromatic nitrogens is 1. The van der Waals surface area contributed by atoms with Crippen molar-refractivity contribution < 1.29 is 4.79 Å². The van der Waals surface area contributed by atoms with Crippen LogP contribution in [0, 0.1) is 0 Å². The smallest absolute Gasteiger partial charge is 0.266 e. The number of thiophene rings is 1. The number of fused-ring (bicyclic) bond motifs is 1. The molecule has 0 atom stereocenters. The van der Waals surface area contributed by atoms with Crippen LogP contribution in [0.5, 0.6) is 0 Å². The summed E-state index contributed by atoms with van der Waals surface area (Å²) in [4.78, 5) is 20.9. The van der Waals surface area contributed by atoms with Crippen molar-refractivity contribution in [3.8, 4) is 11.3 Å². The maximum Gasteiger partial charge on any atom is 0.266 e. The number of nitrogens with two attached hydrogens (primary N) is 1. The Bertz CT molecular complexity index is 940. The maximum atomic E-state index is 13.0. The third-order valence-electron chi connectivity index (χ3n) is 4.28. The van der Waals surface area contributed by atoms with Crippen LogP contribution in [-0.2, 0) is 0 Å². The van der Waals surface area contributed by atoms with E-state index in [1.807, 2.05) is 69.0 Å². The average Bonchev–Trinajstić information content (AvgIpc) is 2.91. The summed E-state index contributed by atoms with van der Waals surface area (Å²) < 4.78 is 0. The number of rotatable bonds is 4. The predicted molar refractivity (Wildman–Crippen MR) is 111 cm³/mol. The monoisotopic (exact) mass is 387 g/mol. The molecular formula is C20H22ClN3OS. The molecule has 0 aliphatic carbocycles. The number of pyridine rings is 1. The fraction of sp³-hybridized carbons (Fsp3) is 0.300. The van der Waals surface area contributed by atoms with Crippen LogP contribution in [-0.4, -0.2) is 27.9 Å². The standard InChI is InChI=1S/C20H22ClN3OS/c1-11(2)24(12(3)4)20(25)18-17(22)15-9-10-16(23-19(15)26-18)13-5-7-14(21)8-6-13/h5-12H,22H2,1-4H3. The number of nitrogens with zero attached hydrogens (tertiary/aromatic N) is 2. The summed E-state index contributed by atoms with van der Waals surface area (Å²) in [5.74, 6) is -0.0384. The van der Waals surface area contributed by atoms with Crippen molar-refractivity contribution in [3.05, 3.63) is 46.3 Å². The zero-order valence-electron chi connectivity index (χ0n) is 15.3. The van der Waals surface area contributed by atoms with Gasteiger partial charge in [-0.25, -0.2) is 4.98 Å². The van der Waals surface area contributed by atoms with E-state index in [0.29, 0.717) is 15.6 Å². The first kappa shape index (κ1) is 18.7. The lowest BCUT2D eigenvalue weighted by molar-refractivity contribution is 0.0650. The summed E-state index contributed by atoms with van der Waals surface area (Å²) in [6, 6.07) is 11.6. The molecule has 0 bridgehead atoms. The van der Waals surface area contributed by atoms with Crippen LogP contribution in [0.1, 0.15) is 37.4 Å². The quantitative estimate of drug-likeness (QED) is 0.646. The molecule has 0 radical (unpaired) electrons. The van der Waals surface area contributed by atoms with Gasteiger partial charge in [-0.05, 0) is 52.0 Å². The number of halogens is 1. The van der Waals surface area contributed by atoms with Crippen molar-refractivity contribution in [3.63, 3.8) is 0 Å². The molecule has 0 spiro atoms. The van der Waals surface area contributed by atoms with Gasteiger partial charge in [-0.2, -0.15) is 0 Å². The van der Waals surface area contributed by atoms with Crippen molar-refractivity contribution in [2.75, 3.05) is 5.73 Å². The lowest BCUT2D eigenvalue weighted by Gasteiger charge is -2.30. The molecule has 0 saturated heterocycles. The Labute approximate surface area is 162 Å². The van der Waals surface area contributed by atoms with E-state index in [1.165, 1.54) is 11.3 Å². The lowest BCUT2D eigenvalue weighted by Crippen LogP contribution is -2.41. The molecule has 3 aromatic rings. The Hall–Kier alpha value is -2.11. The molecule has 2 heterocycles. The van der Waals surface area contributed by atoms with Gasteiger partial charge < -0.3 is 10.6 Å². The van der Waals surface area contributed by atoms with E-state index < -0.39 is 0 Å². The van der Waals surface area contributed by atoms with Gasteiger partial charge in [0, 0.05) is 28.1 Å². The number of carbonyl (C=O) groups excluding carboxylic acids is 1. The van der Waals surface area contributed by atoms with E-state index in [2.05, 4.69) is 0 Å². The first-order valence-electron chi connectivity index (χ1n) is 8.57. The summed E-state index contributed by atoms with van der Waals surface area (Å²) in [6.45, 7) is 8.05. The SMILES string of the molecule is CC(C)N(C(=O)c1sc2nc(-c3ccc(Cl)cc3)ccc2c1N)C(C)C. The average molecular weight is 388 g/mol. The van der Waals surface area contributed by atoms with Crippen molar-refractivity contribution in [1.82, 2.24) is 9.88 Å². The van der Waals surface area contributed by atoms with Crippen LogP contribution in [0.25, 0.3) is 21.5 Å². The minimum atomic E-state index is -0.0384. The molecule has 1 aromatic carbocycles. The molecule has 0 aliphatic heterocycles. The minimum Gasteiger partial charge on any atom is -0.397 e. The second kappa shape index (κ2) is 7.25. The van der Waals surface area contributed by atoms with Crippen LogP contribution in [0.15, 0.2) is 36.4 Å². The fourth-order valence-corrected chi connectivity index (χ4v) is 4.28. The third-order valence-corrected chi connectivity index (χ3v) is 5.63. The molecule has 136 valence electrons. The highest BCUT2D eigenvalue weighted by Crippen LogP contribution is 2.35. The number of amides is 1. The zero-order valence-corrected chi connectivity index (χ0v) is 16.9. The van der Waals surface area contributed by atoms with Gasteiger partial charge in [-0.1, -0.05) is 23.7 Å². The van der Waals surface area contributed by atoms with E-state index >= 15 is 0 Å². The topological polar surface area (TPSA) is 59.2 Å². The Morgan fingerprint density at radius 1 is 1.08 bits per heavy atom. The highest BCUT2D eigenvalue weighted by Gasteiger charge is 2.26. The summed E-state index contributed by atoms with van der Waals surface area (Å²) in [5.41, 5.74) is 8.61. The number of hydrogen-bond acceptors (Lipinski definition) is 4. The Morgan fingerprint density at radius 2 is 1.69 bits per heavy atom. The number of carbonyl (C=O) groups is 1. The molecule has 2 aromatic heterocycles. The van der Waals surface area contributed by atoms with Crippen molar-refractivity contribution >= 4 is 44.7 Å². The molecule has 6 heteroatoms. The molecule has 0 fully saturated rings. The molecule has 1 amide bonds. The number of benzene rings is 1. The molecule has 3 rings (SSSR count). The predicted octanol–water partition coefficient (Wildman–Crippen LogP) is 5.46. The molecule has 0 saturated carbocycles. The Kier molecular flexibility index (Phi) is 5.21. The molecule has 0 aliphatic rings. The van der Waals surface area contributed by atoms with Gasteiger partial charge in [-0.3, -0.25) is 4.79 Å². The van der Waals surface area contributed by atoms with Crippen LogP contribution in [0.3, 0.4) is 0 Å². The van der Waals surface area contributed by atoms with E-state index in [9.17, 15) is 4.79 Å². The van der Waals surface area contributed by atoms with Crippen LogP contribution in [0.4, 0.5) is 5.69 Å². The lowest BCUT2D eigenvalue weighted by atomic mass is 10.1. The maximum absolute atomic E-state index is 13.0. The highest BCUT2D eigenvalue weighted by atomic mass is 35.5. The normalized spacial score (nSPS) is 11.5. The van der Waals surface area contributed by atoms with Gasteiger partial charge >= 0.3 is 0 Å². The third kappa shape index (κ3) is 3.41. The van der Waals surface area contributed by atoms with E-state index in [-0.39, 0.29) is 18.0 Å². The number of hydrogen-bond donors (Lipinski definition) is 1. The summed E-state index contributed by atoms with van der Waals surface area (Å²) >= 11 is 7.31. The van der Waals surface area contributed by atoms with Gasteiger partial charge in [0.05, 0.1) is 11.4 Å². The minimum absolute atomic E-state index is 0.0384. The van der Waals surface area contributed by atoms with Crippen molar-refractivity contribution in [2.24, 2.45) is 0 Å². The second-order valence-corrected chi connectivity index (χ2v) is 8.24. The van der Waals surface area contributed by atoms with Gasteiger partial charge in [0.1, 0.15) is 9.71 Å². The molecule has 2 N–H and O–H groups in total. The van der Waals surface area contributed by atoms with Gasteiger partial charge in [0.25, 0.3) is 5.91 Å². The van der Waals surface area contributed by atoms with Crippen LogP contribution >= 0.6 is 22.9 Å². The first-order chi connectivity index (χ1) is 12.3. The Morgan fingerprint density at radius 3 is 2.27 bits per heavy atom. The molecule has 26 heavy (non-hydrogen) atoms. The second-order valence-electron chi connectivity index (χ2n) is 6.80. The fourth-order valence-electron chi connectivity index (χ4n) is 3.12. The highest BCUT2D eigenvalue weighted by molar-refractivity contribution is 7.21. The van der Waals surface area contributed by atoms with Gasteiger partial charge in [-0.15, -0.1) is 11.3 Å². The van der Waals surface area contributed by atoms with E-state index in [4.69, 9.17) is 22.3 Å².